The first-order valence-electron chi connectivity index (χ1n) is 10.2. The molecule has 27 heavy (non-hydrogen) atoms. The van der Waals surface area contributed by atoms with Gasteiger partial charge in [-0.1, -0.05) is 0 Å². The average Bonchev–Trinajstić information content (AvgIpc) is 3.36. The van der Waals surface area contributed by atoms with Crippen molar-refractivity contribution >= 4 is 5.96 Å². The number of aliphatic imine (C=N–C) groups is 1. The number of piperidine rings is 1. The lowest BCUT2D eigenvalue weighted by molar-refractivity contribution is 0.0436. The Morgan fingerprint density at radius 1 is 1.37 bits per heavy atom. The first-order valence-corrected chi connectivity index (χ1v) is 10.2. The Balaban J connectivity index is 1.48. The normalized spacial score (nSPS) is 24.7. The molecule has 3 heterocycles. The molecule has 152 valence electrons. The van der Waals surface area contributed by atoms with Crippen molar-refractivity contribution in [2.45, 2.75) is 44.8 Å². The molecular weight excluding hydrogens is 344 g/mol. The van der Waals surface area contributed by atoms with E-state index in [2.05, 4.69) is 20.5 Å². The molecule has 0 bridgehead atoms. The molecule has 3 rings (SSSR count). The average molecular weight is 379 g/mol. The monoisotopic (exact) mass is 378 g/mol. The summed E-state index contributed by atoms with van der Waals surface area (Å²) in [6.45, 7) is 10.0. The van der Waals surface area contributed by atoms with Gasteiger partial charge >= 0.3 is 0 Å². The maximum Gasteiger partial charge on any atom is 0.191 e. The molecule has 0 radical (unpaired) electrons. The van der Waals surface area contributed by atoms with Crippen LogP contribution in [0.3, 0.4) is 0 Å². The zero-order valence-electron chi connectivity index (χ0n) is 16.6. The highest BCUT2D eigenvalue weighted by Crippen LogP contribution is 2.21. The zero-order valence-corrected chi connectivity index (χ0v) is 16.6. The van der Waals surface area contributed by atoms with E-state index in [1.54, 1.807) is 25.3 Å². The molecule has 0 amide bonds. The lowest BCUT2D eigenvalue weighted by Crippen LogP contribution is -2.49. The third-order valence-electron chi connectivity index (χ3n) is 5.41. The highest BCUT2D eigenvalue weighted by Gasteiger charge is 2.27. The molecule has 0 aromatic carbocycles. The lowest BCUT2D eigenvalue weighted by atomic mass is 10.0. The molecule has 1 aromatic rings. The fourth-order valence-electron chi connectivity index (χ4n) is 3.76. The number of ether oxygens (including phenoxy) is 1. The Labute approximate surface area is 162 Å². The summed E-state index contributed by atoms with van der Waals surface area (Å²) >= 11 is 0. The second kappa shape index (κ2) is 9.57. The maximum atomic E-state index is 10.6. The second-order valence-electron chi connectivity index (χ2n) is 7.90. The largest absolute Gasteiger partial charge is 0.466 e. The van der Waals surface area contributed by atoms with E-state index in [1.807, 2.05) is 6.92 Å². The third-order valence-corrected chi connectivity index (χ3v) is 5.41. The summed E-state index contributed by atoms with van der Waals surface area (Å²) in [5.41, 5.74) is -1.11. The molecule has 3 N–H and O–H groups in total. The van der Waals surface area contributed by atoms with Gasteiger partial charge in [0.1, 0.15) is 11.4 Å². The van der Waals surface area contributed by atoms with Crippen LogP contribution in [-0.4, -0.2) is 67.9 Å². The van der Waals surface area contributed by atoms with Gasteiger partial charge in [-0.05, 0) is 51.2 Å². The second-order valence-corrected chi connectivity index (χ2v) is 7.90. The minimum atomic E-state index is -1.11. The highest BCUT2D eigenvalue weighted by atomic mass is 16.5. The SMILES string of the molecule is CCNC(=NCC(C)(O)c1ccco1)NC1CCN(CC2CCOC2)CC1. The first-order chi connectivity index (χ1) is 13.1. The van der Waals surface area contributed by atoms with Crippen molar-refractivity contribution in [1.29, 1.82) is 0 Å². The number of nitrogens with one attached hydrogen (secondary N) is 2. The summed E-state index contributed by atoms with van der Waals surface area (Å²) < 4.78 is 10.8. The van der Waals surface area contributed by atoms with Crippen LogP contribution in [0.4, 0.5) is 0 Å². The predicted molar refractivity (Wildman–Crippen MR) is 106 cm³/mol. The molecule has 0 aliphatic carbocycles. The highest BCUT2D eigenvalue weighted by molar-refractivity contribution is 5.80. The molecule has 2 aliphatic rings. The van der Waals surface area contributed by atoms with Gasteiger partial charge in [0.2, 0.25) is 0 Å². The van der Waals surface area contributed by atoms with Crippen LogP contribution in [0.15, 0.2) is 27.8 Å². The van der Waals surface area contributed by atoms with Gasteiger partial charge in [0.05, 0.1) is 19.4 Å². The van der Waals surface area contributed by atoms with E-state index in [9.17, 15) is 5.11 Å². The number of hydrogen-bond acceptors (Lipinski definition) is 5. The van der Waals surface area contributed by atoms with Gasteiger partial charge in [-0.15, -0.1) is 0 Å². The number of nitrogens with zero attached hydrogens (tertiary/aromatic N) is 2. The van der Waals surface area contributed by atoms with Crippen LogP contribution in [0.25, 0.3) is 0 Å². The van der Waals surface area contributed by atoms with Gasteiger partial charge in [-0.25, -0.2) is 4.99 Å². The van der Waals surface area contributed by atoms with Crippen molar-refractivity contribution in [3.05, 3.63) is 24.2 Å². The predicted octanol–water partition coefficient (Wildman–Crippen LogP) is 1.54. The summed E-state index contributed by atoms with van der Waals surface area (Å²) in [6.07, 6.45) is 4.98. The number of aliphatic hydroxyl groups is 1. The van der Waals surface area contributed by atoms with Crippen LogP contribution in [0.2, 0.25) is 0 Å². The van der Waals surface area contributed by atoms with E-state index in [4.69, 9.17) is 9.15 Å². The molecule has 7 heteroatoms. The standard InChI is InChI=1S/C20H34N4O3/c1-3-21-19(22-15-20(2,25)18-5-4-11-27-18)23-17-6-9-24(10-7-17)13-16-8-12-26-14-16/h4-5,11,16-17,25H,3,6-10,12-15H2,1-2H3,(H2,21,22,23). The fraction of sp³-hybridized carbons (Fsp3) is 0.750. The van der Waals surface area contributed by atoms with Gasteiger partial charge in [-0.3, -0.25) is 0 Å². The van der Waals surface area contributed by atoms with Crippen molar-refractivity contribution < 1.29 is 14.3 Å². The lowest BCUT2D eigenvalue weighted by Gasteiger charge is -2.34. The van der Waals surface area contributed by atoms with Crippen molar-refractivity contribution in [1.82, 2.24) is 15.5 Å². The molecule has 7 nitrogen and oxygen atoms in total. The minimum Gasteiger partial charge on any atom is -0.466 e. The summed E-state index contributed by atoms with van der Waals surface area (Å²) in [7, 11) is 0. The van der Waals surface area contributed by atoms with Crippen molar-refractivity contribution in [3.63, 3.8) is 0 Å². The first kappa shape index (κ1) is 20.2. The Bertz CT molecular complexity index is 574. The van der Waals surface area contributed by atoms with Crippen LogP contribution in [-0.2, 0) is 10.3 Å². The Hall–Kier alpha value is -1.57. The van der Waals surface area contributed by atoms with Gasteiger partial charge < -0.3 is 29.8 Å². The van der Waals surface area contributed by atoms with E-state index in [0.717, 1.165) is 58.2 Å². The van der Waals surface area contributed by atoms with Crippen LogP contribution in [0.5, 0.6) is 0 Å². The van der Waals surface area contributed by atoms with Crippen molar-refractivity contribution in [3.8, 4) is 0 Å². The Kier molecular flexibility index (Phi) is 7.15. The summed E-state index contributed by atoms with van der Waals surface area (Å²) in [6, 6.07) is 3.97. The van der Waals surface area contributed by atoms with Crippen molar-refractivity contribution in [2.75, 3.05) is 45.9 Å². The van der Waals surface area contributed by atoms with Crippen LogP contribution >= 0.6 is 0 Å². The number of likely N-dealkylation sites (tertiary alicyclic amines) is 1. The topological polar surface area (TPSA) is 82.3 Å². The van der Waals surface area contributed by atoms with E-state index in [-0.39, 0.29) is 6.54 Å². The third kappa shape index (κ3) is 5.96. The number of hydrogen-bond donors (Lipinski definition) is 3. The molecule has 2 unspecified atom stereocenters. The molecule has 0 spiro atoms. The number of furan rings is 1. The Morgan fingerprint density at radius 2 is 2.19 bits per heavy atom. The van der Waals surface area contributed by atoms with E-state index in [0.29, 0.717) is 17.7 Å². The molecule has 2 fully saturated rings. The van der Waals surface area contributed by atoms with E-state index >= 15 is 0 Å². The molecule has 2 aliphatic heterocycles. The zero-order chi connectivity index (χ0) is 19.1. The van der Waals surface area contributed by atoms with Gasteiger partial charge in [-0.2, -0.15) is 0 Å². The van der Waals surface area contributed by atoms with Gasteiger partial charge in [0, 0.05) is 38.8 Å². The van der Waals surface area contributed by atoms with Crippen LogP contribution in [0, 0.1) is 5.92 Å². The Morgan fingerprint density at radius 3 is 2.81 bits per heavy atom. The number of rotatable bonds is 7. The summed E-state index contributed by atoms with van der Waals surface area (Å²) in [5, 5.41) is 17.4. The molecular formula is C20H34N4O3. The van der Waals surface area contributed by atoms with Crippen molar-refractivity contribution in [2.24, 2.45) is 10.9 Å². The van der Waals surface area contributed by atoms with Gasteiger partial charge in [0.25, 0.3) is 0 Å². The van der Waals surface area contributed by atoms with Gasteiger partial charge in [0.15, 0.2) is 5.96 Å². The van der Waals surface area contributed by atoms with Crippen LogP contribution < -0.4 is 10.6 Å². The smallest absolute Gasteiger partial charge is 0.191 e. The quantitative estimate of drug-likeness (QED) is 0.493. The fourth-order valence-corrected chi connectivity index (χ4v) is 3.76. The minimum absolute atomic E-state index is 0.246. The summed E-state index contributed by atoms with van der Waals surface area (Å²) in [4.78, 5) is 7.15. The van der Waals surface area contributed by atoms with E-state index < -0.39 is 5.60 Å². The molecule has 2 atom stereocenters. The van der Waals surface area contributed by atoms with Crippen LogP contribution in [0.1, 0.15) is 38.9 Å². The molecule has 0 saturated carbocycles. The molecule has 1 aromatic heterocycles. The maximum absolute atomic E-state index is 10.6. The summed E-state index contributed by atoms with van der Waals surface area (Å²) in [5.74, 6) is 2.00. The van der Waals surface area contributed by atoms with E-state index in [1.165, 1.54) is 6.42 Å². The number of guanidine groups is 1. The molecule has 2 saturated heterocycles.